The highest BCUT2D eigenvalue weighted by Crippen LogP contribution is 2.16. The van der Waals surface area contributed by atoms with E-state index in [2.05, 4.69) is 33.2 Å². The van der Waals surface area contributed by atoms with Gasteiger partial charge in [-0.1, -0.05) is 0 Å². The van der Waals surface area contributed by atoms with E-state index in [1.54, 1.807) is 14.2 Å². The van der Waals surface area contributed by atoms with Gasteiger partial charge in [0.05, 0.1) is 13.7 Å². The first kappa shape index (κ1) is 19.6. The molecule has 2 rings (SSSR count). The maximum Gasteiger partial charge on any atom is 0.193 e. The van der Waals surface area contributed by atoms with Crippen LogP contribution in [0, 0.1) is 6.92 Å². The second kappa shape index (κ2) is 10.3. The van der Waals surface area contributed by atoms with Gasteiger partial charge in [-0.3, -0.25) is 9.98 Å². The zero-order chi connectivity index (χ0) is 18.8. The molecule has 6 heteroatoms. The molecule has 2 aromatic rings. The number of rotatable bonds is 8. The molecule has 0 saturated carbocycles. The SMILES string of the molecule is CN=C(NCCc1ccncc1C)N(C)CCOc1ccc(OC)cc1. The summed E-state index contributed by atoms with van der Waals surface area (Å²) in [6.45, 7) is 4.22. The first-order chi connectivity index (χ1) is 12.6. The minimum absolute atomic E-state index is 0.576. The number of hydrogen-bond donors (Lipinski definition) is 1. The highest BCUT2D eigenvalue weighted by atomic mass is 16.5. The van der Waals surface area contributed by atoms with Crippen molar-refractivity contribution in [3.05, 3.63) is 53.9 Å². The monoisotopic (exact) mass is 356 g/mol. The summed E-state index contributed by atoms with van der Waals surface area (Å²) in [5, 5.41) is 3.39. The van der Waals surface area contributed by atoms with E-state index in [9.17, 15) is 0 Å². The number of aryl methyl sites for hydroxylation is 1. The number of likely N-dealkylation sites (N-methyl/N-ethyl adjacent to an activating group) is 1. The Bertz CT molecular complexity index is 701. The molecule has 140 valence electrons. The Morgan fingerprint density at radius 1 is 1.19 bits per heavy atom. The molecule has 1 N–H and O–H groups in total. The van der Waals surface area contributed by atoms with Crippen molar-refractivity contribution in [1.82, 2.24) is 15.2 Å². The van der Waals surface area contributed by atoms with Gasteiger partial charge >= 0.3 is 0 Å². The summed E-state index contributed by atoms with van der Waals surface area (Å²) < 4.78 is 10.9. The first-order valence-electron chi connectivity index (χ1n) is 8.72. The van der Waals surface area contributed by atoms with Crippen LogP contribution in [0.5, 0.6) is 11.5 Å². The lowest BCUT2D eigenvalue weighted by molar-refractivity contribution is 0.281. The van der Waals surface area contributed by atoms with Crippen LogP contribution in [0.1, 0.15) is 11.1 Å². The van der Waals surface area contributed by atoms with Crippen LogP contribution in [-0.4, -0.2) is 56.7 Å². The van der Waals surface area contributed by atoms with Crippen LogP contribution >= 0.6 is 0 Å². The standard InChI is InChI=1S/C20H28N4O2/c1-16-15-22-11-9-17(16)10-12-23-20(21-2)24(3)13-14-26-19-7-5-18(25-4)6-8-19/h5-9,11,15H,10,12-14H2,1-4H3,(H,21,23). The minimum atomic E-state index is 0.576. The molecule has 0 saturated heterocycles. The van der Waals surface area contributed by atoms with Crippen LogP contribution in [0.25, 0.3) is 0 Å². The zero-order valence-corrected chi connectivity index (χ0v) is 16.0. The summed E-state index contributed by atoms with van der Waals surface area (Å²) in [6.07, 6.45) is 4.66. The molecule has 6 nitrogen and oxygen atoms in total. The van der Waals surface area contributed by atoms with Gasteiger partial charge in [0, 0.05) is 33.0 Å². The van der Waals surface area contributed by atoms with Gasteiger partial charge < -0.3 is 19.7 Å². The van der Waals surface area contributed by atoms with Gasteiger partial charge in [-0.2, -0.15) is 0 Å². The van der Waals surface area contributed by atoms with Crippen molar-refractivity contribution in [2.75, 3.05) is 40.9 Å². The van der Waals surface area contributed by atoms with Gasteiger partial charge in [0.15, 0.2) is 5.96 Å². The quantitative estimate of drug-likeness (QED) is 0.582. The van der Waals surface area contributed by atoms with Crippen LogP contribution in [-0.2, 0) is 6.42 Å². The second-order valence-electron chi connectivity index (χ2n) is 5.97. The highest BCUT2D eigenvalue weighted by molar-refractivity contribution is 5.79. The van der Waals surface area contributed by atoms with Crippen LogP contribution in [0.3, 0.4) is 0 Å². The van der Waals surface area contributed by atoms with E-state index in [0.29, 0.717) is 6.61 Å². The van der Waals surface area contributed by atoms with Crippen molar-refractivity contribution in [3.8, 4) is 11.5 Å². The summed E-state index contributed by atoms with van der Waals surface area (Å²) in [7, 11) is 5.45. The molecule has 0 unspecified atom stereocenters. The smallest absolute Gasteiger partial charge is 0.193 e. The van der Waals surface area contributed by atoms with Crippen LogP contribution in [0.15, 0.2) is 47.7 Å². The average Bonchev–Trinajstić information content (AvgIpc) is 2.67. The van der Waals surface area contributed by atoms with Crippen molar-refractivity contribution in [3.63, 3.8) is 0 Å². The van der Waals surface area contributed by atoms with Crippen LogP contribution < -0.4 is 14.8 Å². The number of ether oxygens (including phenoxy) is 2. The second-order valence-corrected chi connectivity index (χ2v) is 5.97. The number of methoxy groups -OCH3 is 1. The number of nitrogens with one attached hydrogen (secondary N) is 1. The van der Waals surface area contributed by atoms with Crippen molar-refractivity contribution < 1.29 is 9.47 Å². The molecule has 0 bridgehead atoms. The lowest BCUT2D eigenvalue weighted by atomic mass is 10.1. The van der Waals surface area contributed by atoms with Gasteiger partial charge in [-0.15, -0.1) is 0 Å². The topological polar surface area (TPSA) is 59.0 Å². The van der Waals surface area contributed by atoms with E-state index >= 15 is 0 Å². The molecule has 1 aromatic heterocycles. The number of nitrogens with zero attached hydrogens (tertiary/aromatic N) is 3. The van der Waals surface area contributed by atoms with Gasteiger partial charge in [0.25, 0.3) is 0 Å². The number of guanidine groups is 1. The molecule has 0 aliphatic rings. The Labute approximate surface area is 155 Å². The summed E-state index contributed by atoms with van der Waals surface area (Å²) in [4.78, 5) is 10.5. The van der Waals surface area contributed by atoms with Crippen LogP contribution in [0.4, 0.5) is 0 Å². The molecule has 0 aliphatic carbocycles. The van der Waals surface area contributed by atoms with Crippen molar-refractivity contribution in [1.29, 1.82) is 0 Å². The number of aromatic nitrogens is 1. The Morgan fingerprint density at radius 3 is 2.58 bits per heavy atom. The molecule has 0 radical (unpaired) electrons. The van der Waals surface area contributed by atoms with E-state index in [0.717, 1.165) is 37.0 Å². The molecule has 1 heterocycles. The van der Waals surface area contributed by atoms with Gasteiger partial charge in [0.2, 0.25) is 0 Å². The predicted molar refractivity (Wildman–Crippen MR) is 105 cm³/mol. The third-order valence-corrected chi connectivity index (χ3v) is 4.14. The predicted octanol–water partition coefficient (Wildman–Crippen LogP) is 2.53. The molecular formula is C20H28N4O2. The summed E-state index contributed by atoms with van der Waals surface area (Å²) in [6, 6.07) is 9.65. The summed E-state index contributed by atoms with van der Waals surface area (Å²) in [5.41, 5.74) is 2.51. The van der Waals surface area contributed by atoms with E-state index in [1.807, 2.05) is 43.7 Å². The highest BCUT2D eigenvalue weighted by Gasteiger charge is 2.06. The average molecular weight is 356 g/mol. The fraction of sp³-hybridized carbons (Fsp3) is 0.400. The Morgan fingerprint density at radius 2 is 1.92 bits per heavy atom. The molecule has 1 aromatic carbocycles. The summed E-state index contributed by atoms with van der Waals surface area (Å²) in [5.74, 6) is 2.51. The Balaban J connectivity index is 1.73. The molecule has 0 fully saturated rings. The molecule has 0 aliphatic heterocycles. The fourth-order valence-electron chi connectivity index (χ4n) is 2.55. The third-order valence-electron chi connectivity index (χ3n) is 4.14. The maximum atomic E-state index is 5.77. The van der Waals surface area contributed by atoms with E-state index in [-0.39, 0.29) is 0 Å². The van der Waals surface area contributed by atoms with Gasteiger partial charge in [-0.05, 0) is 54.8 Å². The van der Waals surface area contributed by atoms with Gasteiger partial charge in [-0.25, -0.2) is 0 Å². The molecule has 0 spiro atoms. The number of aliphatic imine (C=N–C) groups is 1. The fourth-order valence-corrected chi connectivity index (χ4v) is 2.55. The molecule has 0 atom stereocenters. The van der Waals surface area contributed by atoms with E-state index < -0.39 is 0 Å². The summed E-state index contributed by atoms with van der Waals surface area (Å²) >= 11 is 0. The Hall–Kier alpha value is -2.76. The maximum absolute atomic E-state index is 5.77. The number of hydrogen-bond acceptors (Lipinski definition) is 4. The minimum Gasteiger partial charge on any atom is -0.497 e. The van der Waals surface area contributed by atoms with E-state index in [4.69, 9.17) is 9.47 Å². The van der Waals surface area contributed by atoms with Gasteiger partial charge in [0.1, 0.15) is 18.1 Å². The zero-order valence-electron chi connectivity index (χ0n) is 16.0. The largest absolute Gasteiger partial charge is 0.497 e. The van der Waals surface area contributed by atoms with Crippen LogP contribution in [0.2, 0.25) is 0 Å². The van der Waals surface area contributed by atoms with Crippen molar-refractivity contribution >= 4 is 5.96 Å². The molecular weight excluding hydrogens is 328 g/mol. The normalized spacial score (nSPS) is 11.2. The lowest BCUT2D eigenvalue weighted by Crippen LogP contribution is -2.41. The molecule has 0 amide bonds. The molecule has 26 heavy (non-hydrogen) atoms. The first-order valence-corrected chi connectivity index (χ1v) is 8.72. The number of pyridine rings is 1. The number of benzene rings is 1. The lowest BCUT2D eigenvalue weighted by Gasteiger charge is -2.22. The Kier molecular flexibility index (Phi) is 7.74. The van der Waals surface area contributed by atoms with E-state index in [1.165, 1.54) is 11.1 Å². The third kappa shape index (κ3) is 5.95. The van der Waals surface area contributed by atoms with Crippen molar-refractivity contribution in [2.24, 2.45) is 4.99 Å². The van der Waals surface area contributed by atoms with Crippen molar-refractivity contribution in [2.45, 2.75) is 13.3 Å².